The average molecular weight is 421 g/mol. The number of hydrogen-bond acceptors (Lipinski definition) is 7. The molecule has 1 atom stereocenters. The van der Waals surface area contributed by atoms with Gasteiger partial charge in [-0.25, -0.2) is 8.42 Å². The number of nitrogens with one attached hydrogen (secondary N) is 1. The summed E-state index contributed by atoms with van der Waals surface area (Å²) in [6.45, 7) is 0.103. The normalized spacial score (nSPS) is 19.0. The van der Waals surface area contributed by atoms with Gasteiger partial charge < -0.3 is 9.64 Å². The maximum Gasteiger partial charge on any atom is 0.255 e. The van der Waals surface area contributed by atoms with Crippen LogP contribution in [0.1, 0.15) is 28.8 Å². The molecular weight excluding hydrogens is 402 g/mol. The lowest BCUT2D eigenvalue weighted by atomic mass is 10.0. The Bertz CT molecular complexity index is 1000. The van der Waals surface area contributed by atoms with Crippen LogP contribution in [-0.2, 0) is 30.7 Å². The molecule has 0 radical (unpaired) electrons. The number of rotatable bonds is 8. The van der Waals surface area contributed by atoms with Gasteiger partial charge in [0.2, 0.25) is 11.8 Å². The van der Waals surface area contributed by atoms with Crippen LogP contribution in [0.25, 0.3) is 10.4 Å². The molecule has 1 fully saturated rings. The quantitative estimate of drug-likeness (QED) is 0.212. The van der Waals surface area contributed by atoms with Gasteiger partial charge in [0.25, 0.3) is 5.91 Å². The molecule has 0 spiro atoms. The highest BCUT2D eigenvalue weighted by Crippen LogP contribution is 2.32. The van der Waals surface area contributed by atoms with Crippen molar-refractivity contribution < 1.29 is 27.5 Å². The minimum atomic E-state index is -3.74. The summed E-state index contributed by atoms with van der Waals surface area (Å²) in [4.78, 5) is 40.2. The lowest BCUT2D eigenvalue weighted by Crippen LogP contribution is -2.52. The number of carbonyl (C=O) groups excluding carboxylic acids is 3. The zero-order chi connectivity index (χ0) is 21.0. The summed E-state index contributed by atoms with van der Waals surface area (Å²) in [5.41, 5.74) is 8.77. The topological polar surface area (TPSA) is 159 Å². The first-order chi connectivity index (χ1) is 13.8. The van der Waals surface area contributed by atoms with E-state index in [9.17, 15) is 22.8 Å². The molecule has 29 heavy (non-hydrogen) atoms. The second kappa shape index (κ2) is 8.60. The number of sulfone groups is 1. The van der Waals surface area contributed by atoms with E-state index in [4.69, 9.17) is 10.3 Å². The van der Waals surface area contributed by atoms with Gasteiger partial charge in [0.05, 0.1) is 23.9 Å². The fourth-order valence-electron chi connectivity index (χ4n) is 3.38. The standard InChI is InChI=1S/C17H19N5O6S/c18-21-19-6-7-28-8-9-29(26,27)14-3-1-2-11-12(14)10-22(17(11)25)13-4-5-15(23)20-16(13)24/h1-3,13H,4-10H2,(H,20,23,24). The maximum absolute atomic E-state index is 12.8. The minimum absolute atomic E-state index is 0.0202. The van der Waals surface area contributed by atoms with Gasteiger partial charge in [0.15, 0.2) is 9.84 Å². The molecule has 0 saturated carbocycles. The van der Waals surface area contributed by atoms with Gasteiger partial charge in [-0.2, -0.15) is 0 Å². The summed E-state index contributed by atoms with van der Waals surface area (Å²) in [5, 5.41) is 5.50. The van der Waals surface area contributed by atoms with Crippen LogP contribution < -0.4 is 5.32 Å². The number of azide groups is 1. The van der Waals surface area contributed by atoms with Crippen molar-refractivity contribution in [2.75, 3.05) is 25.5 Å². The van der Waals surface area contributed by atoms with Crippen LogP contribution in [0.5, 0.6) is 0 Å². The number of fused-ring (bicyclic) bond motifs is 1. The van der Waals surface area contributed by atoms with Crippen LogP contribution in [0, 0.1) is 0 Å². The monoisotopic (exact) mass is 421 g/mol. The SMILES string of the molecule is [N-]=[N+]=NCCOCCS(=O)(=O)c1cccc2c1CN(C1CCC(=O)NC1=O)C2=O. The molecular formula is C17H19N5O6S. The number of hydrogen-bond donors (Lipinski definition) is 1. The molecule has 3 rings (SSSR count). The summed E-state index contributed by atoms with van der Waals surface area (Å²) >= 11 is 0. The number of nitrogens with zero attached hydrogens (tertiary/aromatic N) is 4. The van der Waals surface area contributed by atoms with Crippen molar-refractivity contribution >= 4 is 27.6 Å². The Hall–Kier alpha value is -2.95. The van der Waals surface area contributed by atoms with Crippen molar-refractivity contribution in [1.82, 2.24) is 10.2 Å². The van der Waals surface area contributed by atoms with Crippen LogP contribution in [0.2, 0.25) is 0 Å². The average Bonchev–Trinajstić information content (AvgIpc) is 3.01. The van der Waals surface area contributed by atoms with Crippen molar-refractivity contribution in [2.24, 2.45) is 5.11 Å². The van der Waals surface area contributed by atoms with Crippen LogP contribution in [0.3, 0.4) is 0 Å². The highest BCUT2D eigenvalue weighted by Gasteiger charge is 2.40. The number of ether oxygens (including phenoxy) is 1. The van der Waals surface area contributed by atoms with Gasteiger partial charge >= 0.3 is 0 Å². The predicted molar refractivity (Wildman–Crippen MR) is 99.4 cm³/mol. The third-order valence-electron chi connectivity index (χ3n) is 4.77. The number of carbonyl (C=O) groups is 3. The summed E-state index contributed by atoms with van der Waals surface area (Å²) in [7, 11) is -3.74. The second-order valence-electron chi connectivity index (χ2n) is 6.57. The number of piperidine rings is 1. The van der Waals surface area contributed by atoms with E-state index in [1.807, 2.05) is 0 Å². The highest BCUT2D eigenvalue weighted by molar-refractivity contribution is 7.91. The van der Waals surface area contributed by atoms with Crippen LogP contribution in [0.15, 0.2) is 28.2 Å². The van der Waals surface area contributed by atoms with Crippen molar-refractivity contribution in [3.05, 3.63) is 39.8 Å². The van der Waals surface area contributed by atoms with Gasteiger partial charge in [-0.1, -0.05) is 11.2 Å². The molecule has 1 unspecified atom stereocenters. The molecule has 0 aromatic heterocycles. The zero-order valence-corrected chi connectivity index (χ0v) is 16.2. The molecule has 11 nitrogen and oxygen atoms in total. The Kier molecular flexibility index (Phi) is 6.16. The molecule has 1 N–H and O–H groups in total. The fourth-order valence-corrected chi connectivity index (χ4v) is 4.77. The van der Waals surface area contributed by atoms with Crippen molar-refractivity contribution in [3.8, 4) is 0 Å². The molecule has 1 aromatic carbocycles. The van der Waals surface area contributed by atoms with Gasteiger partial charge in [0, 0.05) is 35.5 Å². The second-order valence-corrected chi connectivity index (χ2v) is 8.65. The van der Waals surface area contributed by atoms with Gasteiger partial charge in [-0.15, -0.1) is 0 Å². The molecule has 2 aliphatic heterocycles. The molecule has 0 aliphatic carbocycles. The van der Waals surface area contributed by atoms with Crippen LogP contribution >= 0.6 is 0 Å². The Morgan fingerprint density at radius 2 is 2.07 bits per heavy atom. The van der Waals surface area contributed by atoms with E-state index in [2.05, 4.69) is 15.3 Å². The summed E-state index contributed by atoms with van der Waals surface area (Å²) in [6, 6.07) is 3.63. The predicted octanol–water partition coefficient (Wildman–Crippen LogP) is 0.548. The van der Waals surface area contributed by atoms with Gasteiger partial charge in [-0.05, 0) is 24.1 Å². The van der Waals surface area contributed by atoms with Gasteiger partial charge in [-0.3, -0.25) is 19.7 Å². The summed E-state index contributed by atoms with van der Waals surface area (Å²) < 4.78 is 30.7. The first-order valence-electron chi connectivity index (χ1n) is 8.93. The lowest BCUT2D eigenvalue weighted by Gasteiger charge is -2.29. The fraction of sp³-hybridized carbons (Fsp3) is 0.471. The van der Waals surface area contributed by atoms with Gasteiger partial charge in [0.1, 0.15) is 6.04 Å². The molecule has 1 saturated heterocycles. The van der Waals surface area contributed by atoms with Crippen LogP contribution in [-0.4, -0.2) is 62.6 Å². The Morgan fingerprint density at radius 3 is 2.79 bits per heavy atom. The summed E-state index contributed by atoms with van der Waals surface area (Å²) in [5.74, 6) is -1.68. The van der Waals surface area contributed by atoms with Crippen molar-refractivity contribution in [3.63, 3.8) is 0 Å². The Balaban J connectivity index is 1.75. The van der Waals surface area contributed by atoms with E-state index in [1.165, 1.54) is 23.1 Å². The number of amides is 3. The van der Waals surface area contributed by atoms with Crippen molar-refractivity contribution in [2.45, 2.75) is 30.3 Å². The maximum atomic E-state index is 12.8. The Morgan fingerprint density at radius 1 is 1.28 bits per heavy atom. The van der Waals surface area contributed by atoms with Crippen molar-refractivity contribution in [1.29, 1.82) is 0 Å². The zero-order valence-electron chi connectivity index (χ0n) is 15.4. The highest BCUT2D eigenvalue weighted by atomic mass is 32.2. The molecule has 0 bridgehead atoms. The smallest absolute Gasteiger partial charge is 0.255 e. The van der Waals surface area contributed by atoms with E-state index in [-0.39, 0.29) is 61.3 Å². The lowest BCUT2D eigenvalue weighted by molar-refractivity contribution is -0.136. The first kappa shape index (κ1) is 20.8. The molecule has 1 aromatic rings. The number of benzene rings is 1. The first-order valence-corrected chi connectivity index (χ1v) is 10.6. The summed E-state index contributed by atoms with van der Waals surface area (Å²) in [6.07, 6.45) is 0.320. The van der Waals surface area contributed by atoms with E-state index >= 15 is 0 Å². The van der Waals surface area contributed by atoms with E-state index < -0.39 is 27.7 Å². The molecule has 2 heterocycles. The molecule has 12 heteroatoms. The Labute approximate surface area is 166 Å². The van der Waals surface area contributed by atoms with Crippen LogP contribution in [0.4, 0.5) is 0 Å². The third kappa shape index (κ3) is 4.39. The van der Waals surface area contributed by atoms with E-state index in [1.54, 1.807) is 0 Å². The third-order valence-corrected chi connectivity index (χ3v) is 6.53. The molecule has 2 aliphatic rings. The largest absolute Gasteiger partial charge is 0.380 e. The molecule has 154 valence electrons. The number of imide groups is 1. The van der Waals surface area contributed by atoms with E-state index in [0.717, 1.165) is 0 Å². The van der Waals surface area contributed by atoms with E-state index in [0.29, 0.717) is 5.56 Å². The molecule has 3 amide bonds. The minimum Gasteiger partial charge on any atom is -0.380 e.